The maximum atomic E-state index is 5.38. The van der Waals surface area contributed by atoms with Gasteiger partial charge in [-0.25, -0.2) is 0 Å². The maximum absolute atomic E-state index is 5.38. The molecule has 5 heteroatoms. The highest BCUT2D eigenvalue weighted by Crippen LogP contribution is 2.30. The number of rotatable bonds is 1. The highest BCUT2D eigenvalue weighted by Gasteiger charge is 2.12. The van der Waals surface area contributed by atoms with E-state index in [9.17, 15) is 0 Å². The highest BCUT2D eigenvalue weighted by molar-refractivity contribution is 9.10. The lowest BCUT2D eigenvalue weighted by molar-refractivity contribution is 0.432. The molecule has 0 saturated carbocycles. The zero-order valence-electron chi connectivity index (χ0n) is 7.49. The van der Waals surface area contributed by atoms with Crippen LogP contribution in [0.15, 0.2) is 27.2 Å². The van der Waals surface area contributed by atoms with Crippen molar-refractivity contribution in [2.75, 3.05) is 5.73 Å². The first kappa shape index (κ1) is 9.21. The van der Waals surface area contributed by atoms with Crippen molar-refractivity contribution in [3.8, 4) is 11.5 Å². The summed E-state index contributed by atoms with van der Waals surface area (Å²) in [4.78, 5) is 3.97. The Kier molecular flexibility index (Phi) is 2.25. The first-order valence-corrected chi connectivity index (χ1v) is 4.82. The molecule has 0 radical (unpaired) electrons. The van der Waals surface area contributed by atoms with Gasteiger partial charge in [0, 0.05) is 4.47 Å². The third kappa shape index (κ3) is 1.50. The van der Waals surface area contributed by atoms with E-state index in [1.807, 2.05) is 25.1 Å². The monoisotopic (exact) mass is 253 g/mol. The van der Waals surface area contributed by atoms with Crippen molar-refractivity contribution in [3.05, 3.63) is 28.2 Å². The summed E-state index contributed by atoms with van der Waals surface area (Å²) in [5.41, 5.74) is 7.33. The van der Waals surface area contributed by atoms with Crippen molar-refractivity contribution >= 4 is 21.9 Å². The second kappa shape index (κ2) is 3.42. The SMILES string of the molecule is Cc1cccc(Br)c1-c1nc(N)no1. The molecule has 0 saturated heterocycles. The molecule has 1 aromatic carbocycles. The molecule has 0 unspecified atom stereocenters. The molecule has 2 N–H and O–H groups in total. The Bertz CT molecular complexity index is 447. The molecule has 2 aromatic rings. The van der Waals surface area contributed by atoms with E-state index in [0.717, 1.165) is 15.6 Å². The quantitative estimate of drug-likeness (QED) is 0.848. The number of anilines is 1. The lowest BCUT2D eigenvalue weighted by Gasteiger charge is -2.01. The van der Waals surface area contributed by atoms with Crippen LogP contribution in [0.25, 0.3) is 11.5 Å². The molecule has 0 bridgehead atoms. The topological polar surface area (TPSA) is 64.9 Å². The molecule has 1 heterocycles. The second-order valence-corrected chi connectivity index (χ2v) is 3.74. The normalized spacial score (nSPS) is 10.4. The van der Waals surface area contributed by atoms with Gasteiger partial charge in [0.1, 0.15) is 0 Å². The van der Waals surface area contributed by atoms with Gasteiger partial charge in [0.25, 0.3) is 11.8 Å². The van der Waals surface area contributed by atoms with Crippen molar-refractivity contribution in [3.63, 3.8) is 0 Å². The molecule has 0 amide bonds. The van der Waals surface area contributed by atoms with Gasteiger partial charge in [0.05, 0.1) is 5.56 Å². The van der Waals surface area contributed by atoms with Crippen LogP contribution < -0.4 is 5.73 Å². The van der Waals surface area contributed by atoms with E-state index >= 15 is 0 Å². The smallest absolute Gasteiger partial charge is 0.261 e. The number of benzene rings is 1. The van der Waals surface area contributed by atoms with Crippen molar-refractivity contribution in [1.82, 2.24) is 10.1 Å². The lowest BCUT2D eigenvalue weighted by Crippen LogP contribution is -1.87. The van der Waals surface area contributed by atoms with E-state index in [4.69, 9.17) is 10.3 Å². The summed E-state index contributed by atoms with van der Waals surface area (Å²) in [6, 6.07) is 5.84. The first-order valence-electron chi connectivity index (χ1n) is 4.03. The van der Waals surface area contributed by atoms with Gasteiger partial charge in [-0.05, 0) is 39.6 Å². The standard InChI is InChI=1S/C9H8BrN3O/c1-5-3-2-4-6(10)7(5)8-12-9(11)13-14-8/h2-4H,1H3,(H2,11,13). The number of nitrogens with two attached hydrogens (primary N) is 1. The summed E-state index contributed by atoms with van der Waals surface area (Å²) in [5, 5.41) is 3.55. The molecule has 0 spiro atoms. The van der Waals surface area contributed by atoms with Crippen molar-refractivity contribution in [2.45, 2.75) is 6.92 Å². The van der Waals surface area contributed by atoms with E-state index in [1.54, 1.807) is 0 Å². The van der Waals surface area contributed by atoms with Crippen LogP contribution in [0.3, 0.4) is 0 Å². The van der Waals surface area contributed by atoms with Gasteiger partial charge in [0.15, 0.2) is 0 Å². The molecule has 2 rings (SSSR count). The van der Waals surface area contributed by atoms with Crippen LogP contribution >= 0.6 is 15.9 Å². The van der Waals surface area contributed by atoms with Gasteiger partial charge in [-0.2, -0.15) is 4.98 Å². The van der Waals surface area contributed by atoms with Crippen LogP contribution in [-0.2, 0) is 0 Å². The molecule has 4 nitrogen and oxygen atoms in total. The van der Waals surface area contributed by atoms with Crippen LogP contribution in [0.4, 0.5) is 5.95 Å². The molecule has 0 aliphatic rings. The molecule has 0 atom stereocenters. The molecule has 14 heavy (non-hydrogen) atoms. The summed E-state index contributed by atoms with van der Waals surface area (Å²) < 4.78 is 5.91. The summed E-state index contributed by atoms with van der Waals surface area (Å²) >= 11 is 3.42. The second-order valence-electron chi connectivity index (χ2n) is 2.89. The molecular formula is C9H8BrN3O. The summed E-state index contributed by atoms with van der Waals surface area (Å²) in [7, 11) is 0. The van der Waals surface area contributed by atoms with Crippen molar-refractivity contribution < 1.29 is 4.52 Å². The molecular weight excluding hydrogens is 246 g/mol. The fraction of sp³-hybridized carbons (Fsp3) is 0.111. The zero-order valence-corrected chi connectivity index (χ0v) is 9.08. The average Bonchev–Trinajstić information content (AvgIpc) is 2.51. The Morgan fingerprint density at radius 3 is 2.79 bits per heavy atom. The van der Waals surface area contributed by atoms with Crippen molar-refractivity contribution in [1.29, 1.82) is 0 Å². The number of nitrogen functional groups attached to an aromatic ring is 1. The highest BCUT2D eigenvalue weighted by atomic mass is 79.9. The minimum atomic E-state index is 0.148. The number of halogens is 1. The maximum Gasteiger partial charge on any atom is 0.261 e. The summed E-state index contributed by atoms with van der Waals surface area (Å²) in [6.07, 6.45) is 0. The van der Waals surface area contributed by atoms with Gasteiger partial charge < -0.3 is 10.3 Å². The van der Waals surface area contributed by atoms with E-state index in [2.05, 4.69) is 26.1 Å². The Balaban J connectivity index is 2.61. The fourth-order valence-electron chi connectivity index (χ4n) is 1.24. The number of nitrogens with zero attached hydrogens (tertiary/aromatic N) is 2. The Morgan fingerprint density at radius 2 is 2.21 bits per heavy atom. The molecule has 0 aliphatic heterocycles. The molecule has 0 aliphatic carbocycles. The number of hydrogen-bond donors (Lipinski definition) is 1. The largest absolute Gasteiger partial charge is 0.365 e. The lowest BCUT2D eigenvalue weighted by atomic mass is 10.1. The number of aryl methyl sites for hydroxylation is 1. The average molecular weight is 254 g/mol. The van der Waals surface area contributed by atoms with Gasteiger partial charge >= 0.3 is 0 Å². The zero-order chi connectivity index (χ0) is 10.1. The Morgan fingerprint density at radius 1 is 1.43 bits per heavy atom. The van der Waals surface area contributed by atoms with Crippen LogP contribution in [0.1, 0.15) is 5.56 Å². The van der Waals surface area contributed by atoms with Gasteiger partial charge in [-0.1, -0.05) is 12.1 Å². The summed E-state index contributed by atoms with van der Waals surface area (Å²) in [6.45, 7) is 1.97. The van der Waals surface area contributed by atoms with E-state index in [1.165, 1.54) is 0 Å². The minimum Gasteiger partial charge on any atom is -0.365 e. The van der Waals surface area contributed by atoms with E-state index in [-0.39, 0.29) is 5.95 Å². The van der Waals surface area contributed by atoms with E-state index in [0.29, 0.717) is 5.89 Å². The van der Waals surface area contributed by atoms with Gasteiger partial charge in [0.2, 0.25) is 0 Å². The van der Waals surface area contributed by atoms with Crippen LogP contribution in [-0.4, -0.2) is 10.1 Å². The van der Waals surface area contributed by atoms with Gasteiger partial charge in [-0.15, -0.1) is 0 Å². The number of aromatic nitrogens is 2. The minimum absolute atomic E-state index is 0.148. The van der Waals surface area contributed by atoms with Crippen LogP contribution in [0.2, 0.25) is 0 Å². The van der Waals surface area contributed by atoms with Crippen LogP contribution in [0, 0.1) is 6.92 Å². The van der Waals surface area contributed by atoms with Crippen molar-refractivity contribution in [2.24, 2.45) is 0 Å². The third-order valence-electron chi connectivity index (χ3n) is 1.88. The number of hydrogen-bond acceptors (Lipinski definition) is 4. The Labute approximate surface area is 89.2 Å². The predicted molar refractivity (Wildman–Crippen MR) is 56.6 cm³/mol. The molecule has 1 aromatic heterocycles. The third-order valence-corrected chi connectivity index (χ3v) is 2.54. The first-order chi connectivity index (χ1) is 6.68. The molecule has 72 valence electrons. The predicted octanol–water partition coefficient (Wildman–Crippen LogP) is 2.39. The van der Waals surface area contributed by atoms with Gasteiger partial charge in [-0.3, -0.25) is 0 Å². The Hall–Kier alpha value is -1.36. The fourth-order valence-corrected chi connectivity index (χ4v) is 1.87. The van der Waals surface area contributed by atoms with E-state index < -0.39 is 0 Å². The summed E-state index contributed by atoms with van der Waals surface area (Å²) in [5.74, 6) is 0.586. The molecule has 0 fully saturated rings. The van der Waals surface area contributed by atoms with Crippen LogP contribution in [0.5, 0.6) is 0 Å².